The van der Waals surface area contributed by atoms with E-state index in [1.54, 1.807) is 30.4 Å². The molecule has 2 aliphatic heterocycles. The zero-order valence-corrected chi connectivity index (χ0v) is 27.7. The SMILES string of the molecule is C=CC(=O)Nc1cc(Nc2cc(N3OCC[C@@H]3c3cc(F)cc(Oc4cccc(F)c4)c3)ncn2)c(OC)cc1N1CCC(N(C)C)CC1. The van der Waals surface area contributed by atoms with Crippen LogP contribution in [0, 0.1) is 11.6 Å². The highest BCUT2D eigenvalue weighted by Crippen LogP contribution is 2.41. The van der Waals surface area contributed by atoms with Crippen molar-refractivity contribution in [3.63, 3.8) is 0 Å². The number of hydroxylamine groups is 1. The van der Waals surface area contributed by atoms with Crippen LogP contribution < -0.4 is 30.1 Å². The van der Waals surface area contributed by atoms with E-state index in [0.717, 1.165) is 31.6 Å². The van der Waals surface area contributed by atoms with Gasteiger partial charge in [-0.1, -0.05) is 12.6 Å². The summed E-state index contributed by atoms with van der Waals surface area (Å²) in [4.78, 5) is 31.8. The number of carbonyl (C=O) groups excluding carboxylic acids is 1. The molecular weight excluding hydrogens is 632 g/mol. The van der Waals surface area contributed by atoms with Crippen LogP contribution in [0.25, 0.3) is 0 Å². The van der Waals surface area contributed by atoms with Gasteiger partial charge in [0.1, 0.15) is 41.0 Å². The van der Waals surface area contributed by atoms with Gasteiger partial charge in [-0.15, -0.1) is 0 Å². The van der Waals surface area contributed by atoms with Gasteiger partial charge in [0.25, 0.3) is 0 Å². The zero-order chi connectivity index (χ0) is 34.5. The molecule has 3 heterocycles. The summed E-state index contributed by atoms with van der Waals surface area (Å²) in [5.74, 6) is 0.638. The number of anilines is 5. The molecule has 2 aliphatic rings. The Labute approximate surface area is 284 Å². The number of benzene rings is 3. The molecule has 2 fully saturated rings. The van der Waals surface area contributed by atoms with E-state index in [9.17, 15) is 13.6 Å². The maximum atomic E-state index is 14.8. The Morgan fingerprint density at radius 1 is 1.00 bits per heavy atom. The number of amides is 1. The summed E-state index contributed by atoms with van der Waals surface area (Å²) >= 11 is 0. The predicted molar refractivity (Wildman–Crippen MR) is 185 cm³/mol. The minimum Gasteiger partial charge on any atom is -0.494 e. The van der Waals surface area contributed by atoms with Gasteiger partial charge in [-0.3, -0.25) is 9.63 Å². The zero-order valence-electron chi connectivity index (χ0n) is 27.7. The van der Waals surface area contributed by atoms with Gasteiger partial charge in [0.15, 0.2) is 5.82 Å². The third-order valence-corrected chi connectivity index (χ3v) is 8.65. The second-order valence-electron chi connectivity index (χ2n) is 12.1. The van der Waals surface area contributed by atoms with Gasteiger partial charge in [0.2, 0.25) is 5.91 Å². The Kier molecular flexibility index (Phi) is 10.2. The molecule has 0 unspecified atom stereocenters. The van der Waals surface area contributed by atoms with Crippen LogP contribution in [0.4, 0.5) is 37.5 Å². The standard InChI is InChI=1S/C36H39F2N7O4/c1-5-36(46)42-29-19-30(33(47-4)20-32(29)44-12-9-26(10-13-44)43(2)3)41-34-21-35(40-22-39-34)45-31(11-14-48-45)23-15-25(38)18-28(16-23)49-27-8-6-7-24(37)17-27/h5-8,15-22,26,31H,1,9-14H2,2-4H3,(H,42,46)(H,39,40,41)/t31-/m1/s1. The molecule has 1 aromatic heterocycles. The second-order valence-corrected chi connectivity index (χ2v) is 12.1. The van der Waals surface area contributed by atoms with Gasteiger partial charge < -0.3 is 29.9 Å². The van der Waals surface area contributed by atoms with E-state index in [-0.39, 0.29) is 23.4 Å². The lowest BCUT2D eigenvalue weighted by molar-refractivity contribution is -0.111. The molecular formula is C36H39F2N7O4. The molecule has 1 atom stereocenters. The van der Waals surface area contributed by atoms with Gasteiger partial charge in [-0.2, -0.15) is 0 Å². The van der Waals surface area contributed by atoms with E-state index in [1.165, 1.54) is 42.7 Å². The summed E-state index contributed by atoms with van der Waals surface area (Å²) in [6.45, 7) is 5.64. The fraction of sp³-hybridized carbons (Fsp3) is 0.306. The van der Waals surface area contributed by atoms with Crippen LogP contribution in [0.5, 0.6) is 17.2 Å². The first-order chi connectivity index (χ1) is 23.7. The molecule has 4 aromatic rings. The fourth-order valence-electron chi connectivity index (χ4n) is 6.18. The van der Waals surface area contributed by atoms with Crippen LogP contribution in [-0.4, -0.2) is 67.7 Å². The molecule has 256 valence electrons. The number of carbonyl (C=O) groups is 1. The summed E-state index contributed by atoms with van der Waals surface area (Å²) in [6.07, 6.45) is 5.17. The molecule has 2 N–H and O–H groups in total. The average molecular weight is 672 g/mol. The smallest absolute Gasteiger partial charge is 0.247 e. The Morgan fingerprint density at radius 3 is 2.53 bits per heavy atom. The van der Waals surface area contributed by atoms with Crippen molar-refractivity contribution >= 4 is 34.6 Å². The first kappa shape index (κ1) is 33.6. The number of methoxy groups -OCH3 is 1. The molecule has 0 bridgehead atoms. The van der Waals surface area contributed by atoms with Crippen molar-refractivity contribution in [2.45, 2.75) is 31.3 Å². The molecule has 13 heteroatoms. The highest BCUT2D eigenvalue weighted by atomic mass is 19.1. The van der Waals surface area contributed by atoms with Crippen LogP contribution in [0.2, 0.25) is 0 Å². The van der Waals surface area contributed by atoms with E-state index < -0.39 is 11.6 Å². The molecule has 2 saturated heterocycles. The Balaban J connectivity index is 1.25. The van der Waals surface area contributed by atoms with Crippen molar-refractivity contribution in [2.75, 3.05) is 61.5 Å². The highest BCUT2D eigenvalue weighted by molar-refractivity contribution is 6.02. The molecule has 3 aromatic carbocycles. The van der Waals surface area contributed by atoms with E-state index in [0.29, 0.717) is 53.4 Å². The second kappa shape index (κ2) is 14.9. The number of hydrogen-bond acceptors (Lipinski definition) is 10. The maximum absolute atomic E-state index is 14.8. The van der Waals surface area contributed by atoms with Crippen molar-refractivity contribution in [1.82, 2.24) is 14.9 Å². The van der Waals surface area contributed by atoms with E-state index in [2.05, 4.69) is 51.1 Å². The van der Waals surface area contributed by atoms with Gasteiger partial charge in [-0.25, -0.2) is 23.8 Å². The summed E-state index contributed by atoms with van der Waals surface area (Å²) in [5.41, 5.74) is 2.63. The molecule has 0 spiro atoms. The minimum atomic E-state index is -0.502. The normalized spacial score (nSPS) is 16.5. The van der Waals surface area contributed by atoms with Gasteiger partial charge in [0.05, 0.1) is 36.8 Å². The number of halogens is 2. The highest BCUT2D eigenvalue weighted by Gasteiger charge is 2.30. The van der Waals surface area contributed by atoms with Crippen LogP contribution in [0.1, 0.15) is 30.9 Å². The third-order valence-electron chi connectivity index (χ3n) is 8.65. The monoisotopic (exact) mass is 671 g/mol. The first-order valence-electron chi connectivity index (χ1n) is 16.0. The lowest BCUT2D eigenvalue weighted by atomic mass is 10.0. The molecule has 11 nitrogen and oxygen atoms in total. The number of rotatable bonds is 11. The largest absolute Gasteiger partial charge is 0.494 e. The Hall–Kier alpha value is -5.27. The van der Waals surface area contributed by atoms with Crippen molar-refractivity contribution < 1.29 is 27.9 Å². The molecule has 49 heavy (non-hydrogen) atoms. The quantitative estimate of drug-likeness (QED) is 0.165. The Bertz CT molecular complexity index is 1820. The minimum absolute atomic E-state index is 0.231. The summed E-state index contributed by atoms with van der Waals surface area (Å²) in [5, 5.41) is 7.87. The van der Waals surface area contributed by atoms with Gasteiger partial charge in [-0.05, 0) is 68.9 Å². The molecule has 0 radical (unpaired) electrons. The number of piperidine rings is 1. The van der Waals surface area contributed by atoms with Crippen molar-refractivity contribution in [2.24, 2.45) is 0 Å². The summed E-state index contributed by atoms with van der Waals surface area (Å²) in [6, 6.07) is 15.6. The van der Waals surface area contributed by atoms with E-state index in [4.69, 9.17) is 14.3 Å². The van der Waals surface area contributed by atoms with Crippen LogP contribution >= 0.6 is 0 Å². The fourth-order valence-corrected chi connectivity index (χ4v) is 6.18. The Morgan fingerprint density at radius 2 is 1.80 bits per heavy atom. The van der Waals surface area contributed by atoms with Crippen molar-refractivity contribution in [3.8, 4) is 17.2 Å². The molecule has 1 amide bonds. The topological polar surface area (TPSA) is 104 Å². The van der Waals surface area contributed by atoms with Crippen LogP contribution in [-0.2, 0) is 9.63 Å². The van der Waals surface area contributed by atoms with Crippen LogP contribution in [0.15, 0.2) is 79.6 Å². The predicted octanol–water partition coefficient (Wildman–Crippen LogP) is 6.84. The molecule has 0 saturated carbocycles. The number of ether oxygens (including phenoxy) is 2. The van der Waals surface area contributed by atoms with Gasteiger partial charge in [0, 0.05) is 49.8 Å². The van der Waals surface area contributed by atoms with Crippen molar-refractivity contribution in [3.05, 3.63) is 96.8 Å². The lowest BCUT2D eigenvalue weighted by Crippen LogP contribution is -2.42. The number of nitrogens with zero attached hydrogens (tertiary/aromatic N) is 5. The van der Waals surface area contributed by atoms with Crippen molar-refractivity contribution in [1.29, 1.82) is 0 Å². The number of nitrogens with one attached hydrogen (secondary N) is 2. The number of aromatic nitrogens is 2. The molecule has 0 aliphatic carbocycles. The summed E-state index contributed by atoms with van der Waals surface area (Å²) in [7, 11) is 5.78. The van der Waals surface area contributed by atoms with Gasteiger partial charge >= 0.3 is 0 Å². The average Bonchev–Trinajstić information content (AvgIpc) is 3.59. The van der Waals surface area contributed by atoms with Crippen LogP contribution in [0.3, 0.4) is 0 Å². The lowest BCUT2D eigenvalue weighted by Gasteiger charge is -2.37. The summed E-state index contributed by atoms with van der Waals surface area (Å²) < 4.78 is 40.1. The number of hydrogen-bond donors (Lipinski definition) is 2. The third kappa shape index (κ3) is 7.90. The van der Waals surface area contributed by atoms with E-state index in [1.807, 2.05) is 12.1 Å². The van der Waals surface area contributed by atoms with E-state index >= 15 is 0 Å². The maximum Gasteiger partial charge on any atom is 0.247 e. The first-order valence-corrected chi connectivity index (χ1v) is 16.0. The molecule has 6 rings (SSSR count).